The second-order valence-corrected chi connectivity index (χ2v) is 4.15. The summed E-state index contributed by atoms with van der Waals surface area (Å²) in [4.78, 5) is 11.1. The van der Waals surface area contributed by atoms with Crippen molar-refractivity contribution in [2.45, 2.75) is 12.5 Å². The van der Waals surface area contributed by atoms with Gasteiger partial charge in [-0.15, -0.1) is 0 Å². The zero-order valence-electron chi connectivity index (χ0n) is 8.71. The third kappa shape index (κ3) is 1.70. The quantitative estimate of drug-likeness (QED) is 0.684. The van der Waals surface area contributed by atoms with Crippen molar-refractivity contribution in [1.82, 2.24) is 0 Å². The lowest BCUT2D eigenvalue weighted by Gasteiger charge is -2.33. The van der Waals surface area contributed by atoms with E-state index in [1.165, 1.54) is 0 Å². The molecular weight excluding hydrogens is 208 g/mol. The maximum Gasteiger partial charge on any atom is 0.309 e. The Morgan fingerprint density at radius 2 is 2.06 bits per heavy atom. The molecule has 1 aromatic carbocycles. The summed E-state index contributed by atoms with van der Waals surface area (Å²) >= 11 is 0. The Labute approximate surface area is 93.2 Å². The molecule has 0 amide bonds. The molecule has 2 rings (SSSR count). The molecule has 0 heterocycles. The van der Waals surface area contributed by atoms with Gasteiger partial charge >= 0.3 is 5.97 Å². The number of carboxylic acids is 1. The first kappa shape index (κ1) is 11.1. The first-order chi connectivity index (χ1) is 7.65. The SMILES string of the molecule is O=C(O)[C@@H]1[C@H](CO)Cc2ccccc2[C@@H]1O. The Morgan fingerprint density at radius 3 is 2.69 bits per heavy atom. The van der Waals surface area contributed by atoms with E-state index in [0.29, 0.717) is 12.0 Å². The molecule has 0 bridgehead atoms. The van der Waals surface area contributed by atoms with E-state index in [0.717, 1.165) is 5.56 Å². The number of carboxylic acid groups (broad SMARTS) is 1. The third-order valence-corrected chi connectivity index (χ3v) is 3.22. The number of fused-ring (bicyclic) bond motifs is 1. The topological polar surface area (TPSA) is 77.8 Å². The van der Waals surface area contributed by atoms with Gasteiger partial charge in [0.1, 0.15) is 0 Å². The van der Waals surface area contributed by atoms with Gasteiger partial charge in [-0.25, -0.2) is 0 Å². The number of aliphatic carboxylic acids is 1. The van der Waals surface area contributed by atoms with Crippen LogP contribution in [0.15, 0.2) is 24.3 Å². The van der Waals surface area contributed by atoms with Crippen molar-refractivity contribution in [2.24, 2.45) is 11.8 Å². The lowest BCUT2D eigenvalue weighted by Crippen LogP contribution is -2.37. The Balaban J connectivity index is 2.42. The number of benzene rings is 1. The molecule has 0 radical (unpaired) electrons. The molecule has 86 valence electrons. The predicted octanol–water partition coefficient (Wildman–Crippen LogP) is 0.585. The second kappa shape index (κ2) is 4.23. The summed E-state index contributed by atoms with van der Waals surface area (Å²) in [7, 11) is 0. The van der Waals surface area contributed by atoms with E-state index in [9.17, 15) is 15.0 Å². The molecule has 0 unspecified atom stereocenters. The van der Waals surface area contributed by atoms with Crippen LogP contribution < -0.4 is 0 Å². The van der Waals surface area contributed by atoms with Gasteiger partial charge in [-0.05, 0) is 17.5 Å². The van der Waals surface area contributed by atoms with Gasteiger partial charge in [0.05, 0.1) is 12.0 Å². The lowest BCUT2D eigenvalue weighted by atomic mass is 9.74. The normalized spacial score (nSPS) is 28.5. The molecule has 0 saturated carbocycles. The fraction of sp³-hybridized carbons (Fsp3) is 0.417. The summed E-state index contributed by atoms with van der Waals surface area (Å²) < 4.78 is 0. The molecule has 3 N–H and O–H groups in total. The highest BCUT2D eigenvalue weighted by Gasteiger charge is 2.39. The van der Waals surface area contributed by atoms with Crippen LogP contribution in [-0.2, 0) is 11.2 Å². The van der Waals surface area contributed by atoms with Crippen molar-refractivity contribution < 1.29 is 20.1 Å². The average molecular weight is 222 g/mol. The molecule has 16 heavy (non-hydrogen) atoms. The van der Waals surface area contributed by atoms with Crippen molar-refractivity contribution in [2.75, 3.05) is 6.61 Å². The molecule has 4 heteroatoms. The first-order valence-electron chi connectivity index (χ1n) is 5.24. The Morgan fingerprint density at radius 1 is 1.38 bits per heavy atom. The molecule has 0 aliphatic heterocycles. The van der Waals surface area contributed by atoms with Gasteiger partial charge in [0.25, 0.3) is 0 Å². The highest BCUT2D eigenvalue weighted by molar-refractivity contribution is 5.72. The molecule has 1 aliphatic rings. The van der Waals surface area contributed by atoms with E-state index in [2.05, 4.69) is 0 Å². The molecule has 1 aliphatic carbocycles. The summed E-state index contributed by atoms with van der Waals surface area (Å²) in [5, 5.41) is 28.2. The van der Waals surface area contributed by atoms with Crippen molar-refractivity contribution in [1.29, 1.82) is 0 Å². The smallest absolute Gasteiger partial charge is 0.309 e. The Bertz CT molecular complexity index is 402. The zero-order chi connectivity index (χ0) is 11.7. The van der Waals surface area contributed by atoms with Crippen LogP contribution in [0.3, 0.4) is 0 Å². The molecule has 3 atom stereocenters. The van der Waals surface area contributed by atoms with Crippen molar-refractivity contribution >= 4 is 5.97 Å². The highest BCUT2D eigenvalue weighted by atomic mass is 16.4. The largest absolute Gasteiger partial charge is 0.481 e. The molecule has 0 spiro atoms. The van der Waals surface area contributed by atoms with Gasteiger partial charge < -0.3 is 15.3 Å². The minimum Gasteiger partial charge on any atom is -0.481 e. The number of aliphatic hydroxyl groups excluding tert-OH is 2. The van der Waals surface area contributed by atoms with Crippen molar-refractivity contribution in [3.05, 3.63) is 35.4 Å². The first-order valence-corrected chi connectivity index (χ1v) is 5.24. The molecule has 0 aromatic heterocycles. The van der Waals surface area contributed by atoms with Crippen molar-refractivity contribution in [3.8, 4) is 0 Å². The van der Waals surface area contributed by atoms with Crippen LogP contribution in [0.25, 0.3) is 0 Å². The number of aliphatic hydroxyl groups is 2. The average Bonchev–Trinajstić information content (AvgIpc) is 2.28. The van der Waals surface area contributed by atoms with Gasteiger partial charge in [0.15, 0.2) is 0 Å². The van der Waals surface area contributed by atoms with Crippen LogP contribution in [0.5, 0.6) is 0 Å². The molecule has 0 saturated heterocycles. The Hall–Kier alpha value is -1.39. The third-order valence-electron chi connectivity index (χ3n) is 3.22. The van der Waals surface area contributed by atoms with E-state index in [-0.39, 0.29) is 6.61 Å². The fourth-order valence-electron chi connectivity index (χ4n) is 2.38. The minimum absolute atomic E-state index is 0.220. The summed E-state index contributed by atoms with van der Waals surface area (Å²) in [5.41, 5.74) is 1.59. The van der Waals surface area contributed by atoms with Crippen molar-refractivity contribution in [3.63, 3.8) is 0 Å². The van der Waals surface area contributed by atoms with Gasteiger partial charge in [0, 0.05) is 12.5 Å². The van der Waals surface area contributed by atoms with Crippen LogP contribution >= 0.6 is 0 Å². The van der Waals surface area contributed by atoms with Crippen LogP contribution in [0, 0.1) is 11.8 Å². The number of hydrogen-bond acceptors (Lipinski definition) is 3. The van der Waals surface area contributed by atoms with Crippen LogP contribution in [0.1, 0.15) is 17.2 Å². The predicted molar refractivity (Wildman–Crippen MR) is 56.8 cm³/mol. The fourth-order valence-corrected chi connectivity index (χ4v) is 2.38. The standard InChI is InChI=1S/C12H14O4/c13-6-8-5-7-3-1-2-4-9(7)11(14)10(8)12(15)16/h1-4,8,10-11,13-14H,5-6H2,(H,15,16)/t8-,10+,11-/m0/s1. The van der Waals surface area contributed by atoms with E-state index in [4.69, 9.17) is 5.11 Å². The highest BCUT2D eigenvalue weighted by Crippen LogP contribution is 2.37. The monoisotopic (exact) mass is 222 g/mol. The van der Waals surface area contributed by atoms with Gasteiger partial charge in [-0.3, -0.25) is 4.79 Å². The maximum absolute atomic E-state index is 11.1. The number of hydrogen-bond donors (Lipinski definition) is 3. The second-order valence-electron chi connectivity index (χ2n) is 4.15. The number of carbonyl (C=O) groups is 1. The minimum atomic E-state index is -1.05. The molecule has 4 nitrogen and oxygen atoms in total. The van der Waals surface area contributed by atoms with E-state index < -0.39 is 23.9 Å². The van der Waals surface area contributed by atoms with Crippen LogP contribution in [0.2, 0.25) is 0 Å². The van der Waals surface area contributed by atoms with E-state index in [1.807, 2.05) is 12.1 Å². The Kier molecular flexibility index (Phi) is 2.94. The van der Waals surface area contributed by atoms with Gasteiger partial charge in [-0.2, -0.15) is 0 Å². The maximum atomic E-state index is 11.1. The summed E-state index contributed by atoms with van der Waals surface area (Å²) in [5.74, 6) is -2.39. The summed E-state index contributed by atoms with van der Waals surface area (Å²) in [6.45, 7) is -0.220. The number of rotatable bonds is 2. The van der Waals surface area contributed by atoms with Crippen LogP contribution in [-0.4, -0.2) is 27.9 Å². The van der Waals surface area contributed by atoms with Gasteiger partial charge in [-0.1, -0.05) is 24.3 Å². The zero-order valence-corrected chi connectivity index (χ0v) is 8.71. The summed E-state index contributed by atoms with van der Waals surface area (Å²) in [6.07, 6.45) is -0.527. The van der Waals surface area contributed by atoms with Crippen LogP contribution in [0.4, 0.5) is 0 Å². The van der Waals surface area contributed by atoms with E-state index >= 15 is 0 Å². The lowest BCUT2D eigenvalue weighted by molar-refractivity contribution is -0.150. The molecule has 0 fully saturated rings. The molecular formula is C12H14O4. The van der Waals surface area contributed by atoms with E-state index in [1.54, 1.807) is 12.1 Å². The molecule has 1 aromatic rings. The summed E-state index contributed by atoms with van der Waals surface area (Å²) in [6, 6.07) is 7.23. The van der Waals surface area contributed by atoms with Gasteiger partial charge in [0.2, 0.25) is 0 Å².